The van der Waals surface area contributed by atoms with E-state index >= 15 is 0 Å². The zero-order chi connectivity index (χ0) is 12.4. The van der Waals surface area contributed by atoms with Crippen molar-refractivity contribution in [3.63, 3.8) is 0 Å². The zero-order valence-corrected chi connectivity index (χ0v) is 11.0. The second-order valence-corrected chi connectivity index (χ2v) is 5.52. The average Bonchev–Trinajstić information content (AvgIpc) is 2.83. The van der Waals surface area contributed by atoms with Crippen molar-refractivity contribution in [2.75, 3.05) is 19.6 Å². The van der Waals surface area contributed by atoms with Gasteiger partial charge in [0.2, 0.25) is 0 Å². The molecule has 3 heterocycles. The van der Waals surface area contributed by atoms with Crippen LogP contribution in [0.1, 0.15) is 10.6 Å². The van der Waals surface area contributed by atoms with Gasteiger partial charge < -0.3 is 5.73 Å². The maximum absolute atomic E-state index is 5.61. The van der Waals surface area contributed by atoms with Crippen LogP contribution in [0.15, 0.2) is 24.5 Å². The van der Waals surface area contributed by atoms with Crippen LogP contribution in [0.4, 0.5) is 0 Å². The first kappa shape index (κ1) is 11.8. The summed E-state index contributed by atoms with van der Waals surface area (Å²) in [5, 5.41) is 1.11. The Balaban J connectivity index is 1.85. The number of hydrogen-bond acceptors (Lipinski definition) is 5. The first-order chi connectivity index (χ1) is 8.86. The predicted octanol–water partition coefficient (Wildman–Crippen LogP) is 1.52. The number of hydrogen-bond donors (Lipinski definition) is 1. The van der Waals surface area contributed by atoms with Crippen molar-refractivity contribution < 1.29 is 0 Å². The largest absolute Gasteiger partial charge is 0.329 e. The highest BCUT2D eigenvalue weighted by Crippen LogP contribution is 2.31. The monoisotopic (exact) mass is 260 g/mol. The third kappa shape index (κ3) is 2.29. The number of fused-ring (bicyclic) bond motifs is 1. The van der Waals surface area contributed by atoms with E-state index in [1.54, 1.807) is 11.3 Å². The summed E-state index contributed by atoms with van der Waals surface area (Å²) in [5.74, 6) is 0. The van der Waals surface area contributed by atoms with E-state index in [1.165, 1.54) is 10.6 Å². The van der Waals surface area contributed by atoms with Crippen molar-refractivity contribution in [3.05, 3.63) is 35.1 Å². The zero-order valence-electron chi connectivity index (χ0n) is 10.2. The summed E-state index contributed by atoms with van der Waals surface area (Å²) in [7, 11) is 0. The Morgan fingerprint density at radius 2 is 2.17 bits per heavy atom. The van der Waals surface area contributed by atoms with Gasteiger partial charge in [-0.3, -0.25) is 9.88 Å². The second kappa shape index (κ2) is 5.14. The van der Waals surface area contributed by atoms with Crippen molar-refractivity contribution in [2.24, 2.45) is 5.73 Å². The van der Waals surface area contributed by atoms with E-state index in [-0.39, 0.29) is 0 Å². The molecule has 0 spiro atoms. The molecule has 5 heteroatoms. The normalized spacial score (nSPS) is 15.6. The van der Waals surface area contributed by atoms with Gasteiger partial charge in [0, 0.05) is 55.4 Å². The molecule has 94 valence electrons. The highest BCUT2D eigenvalue weighted by Gasteiger charge is 2.20. The van der Waals surface area contributed by atoms with E-state index in [2.05, 4.69) is 9.88 Å². The van der Waals surface area contributed by atoms with Gasteiger partial charge in [0.15, 0.2) is 0 Å². The van der Waals surface area contributed by atoms with E-state index in [0.717, 1.165) is 43.2 Å². The minimum absolute atomic E-state index is 0.728. The quantitative estimate of drug-likeness (QED) is 0.909. The molecule has 2 N–H and O–H groups in total. The first-order valence-corrected chi connectivity index (χ1v) is 7.00. The fourth-order valence-electron chi connectivity index (χ4n) is 2.24. The second-order valence-electron chi connectivity index (χ2n) is 4.44. The van der Waals surface area contributed by atoms with Crippen LogP contribution in [-0.4, -0.2) is 34.5 Å². The van der Waals surface area contributed by atoms with Gasteiger partial charge >= 0.3 is 0 Å². The van der Waals surface area contributed by atoms with Gasteiger partial charge in [-0.05, 0) is 12.1 Å². The molecule has 3 rings (SSSR count). The lowest BCUT2D eigenvalue weighted by Gasteiger charge is -2.24. The Morgan fingerprint density at radius 3 is 2.94 bits per heavy atom. The summed E-state index contributed by atoms with van der Waals surface area (Å²) < 4.78 is 0. The summed E-state index contributed by atoms with van der Waals surface area (Å²) in [6, 6.07) is 4.03. The number of nitrogens with zero attached hydrogens (tertiary/aromatic N) is 3. The molecule has 0 bridgehead atoms. The summed E-state index contributed by atoms with van der Waals surface area (Å²) in [6.45, 7) is 3.77. The number of pyridine rings is 1. The molecular weight excluding hydrogens is 244 g/mol. The Hall–Kier alpha value is -1.30. The molecule has 0 saturated heterocycles. The molecule has 2 aromatic heterocycles. The standard InChI is InChI=1S/C13H16N4S/c14-4-8-17-7-3-11-12(9-17)18-13(16-11)10-1-5-15-6-2-10/h1-2,5-6H,3-4,7-9,14H2. The fraction of sp³-hybridized carbons (Fsp3) is 0.385. The molecular formula is C13H16N4S. The van der Waals surface area contributed by atoms with Gasteiger partial charge in [0.1, 0.15) is 5.01 Å². The topological polar surface area (TPSA) is 55.0 Å². The highest BCUT2D eigenvalue weighted by atomic mass is 32.1. The first-order valence-electron chi connectivity index (χ1n) is 6.18. The average molecular weight is 260 g/mol. The van der Waals surface area contributed by atoms with Crippen molar-refractivity contribution >= 4 is 11.3 Å². The van der Waals surface area contributed by atoms with E-state index < -0.39 is 0 Å². The van der Waals surface area contributed by atoms with Gasteiger partial charge in [0.05, 0.1) is 5.69 Å². The third-order valence-corrected chi connectivity index (χ3v) is 4.31. The molecule has 1 aliphatic rings. The Morgan fingerprint density at radius 1 is 1.33 bits per heavy atom. The molecule has 1 aliphatic heterocycles. The van der Waals surface area contributed by atoms with Gasteiger partial charge in [0.25, 0.3) is 0 Å². The smallest absolute Gasteiger partial charge is 0.124 e. The van der Waals surface area contributed by atoms with Crippen LogP contribution < -0.4 is 5.73 Å². The molecule has 2 aromatic rings. The Bertz CT molecular complexity index is 523. The van der Waals surface area contributed by atoms with Crippen LogP contribution in [0, 0.1) is 0 Å². The molecule has 18 heavy (non-hydrogen) atoms. The number of rotatable bonds is 3. The van der Waals surface area contributed by atoms with Crippen LogP contribution >= 0.6 is 11.3 Å². The van der Waals surface area contributed by atoms with Crippen LogP contribution in [0.2, 0.25) is 0 Å². The SMILES string of the molecule is NCCN1CCc2nc(-c3ccncc3)sc2C1. The lowest BCUT2D eigenvalue weighted by atomic mass is 10.2. The number of thiazole rings is 1. The minimum Gasteiger partial charge on any atom is -0.329 e. The molecule has 0 aliphatic carbocycles. The number of aromatic nitrogens is 2. The van der Waals surface area contributed by atoms with Crippen LogP contribution in [0.3, 0.4) is 0 Å². The van der Waals surface area contributed by atoms with Gasteiger partial charge in [-0.25, -0.2) is 4.98 Å². The minimum atomic E-state index is 0.728. The van der Waals surface area contributed by atoms with E-state index in [9.17, 15) is 0 Å². The summed E-state index contributed by atoms with van der Waals surface area (Å²) in [5.41, 5.74) is 8.04. The van der Waals surface area contributed by atoms with Crippen LogP contribution in [0.5, 0.6) is 0 Å². The predicted molar refractivity (Wildman–Crippen MR) is 73.4 cm³/mol. The van der Waals surface area contributed by atoms with Gasteiger partial charge in [-0.2, -0.15) is 0 Å². The molecule has 0 aromatic carbocycles. The summed E-state index contributed by atoms with van der Waals surface area (Å²) in [6.07, 6.45) is 4.67. The van der Waals surface area contributed by atoms with Gasteiger partial charge in [-0.1, -0.05) is 0 Å². The van der Waals surface area contributed by atoms with Crippen molar-refractivity contribution in [1.29, 1.82) is 0 Å². The van der Waals surface area contributed by atoms with Crippen molar-refractivity contribution in [2.45, 2.75) is 13.0 Å². The van der Waals surface area contributed by atoms with Gasteiger partial charge in [-0.15, -0.1) is 11.3 Å². The van der Waals surface area contributed by atoms with Crippen molar-refractivity contribution in [1.82, 2.24) is 14.9 Å². The lowest BCUT2D eigenvalue weighted by molar-refractivity contribution is 0.263. The van der Waals surface area contributed by atoms with E-state index in [0.29, 0.717) is 0 Å². The maximum atomic E-state index is 5.61. The Labute approximate surface area is 110 Å². The molecule has 0 fully saturated rings. The third-order valence-electron chi connectivity index (χ3n) is 3.18. The maximum Gasteiger partial charge on any atom is 0.124 e. The van der Waals surface area contributed by atoms with E-state index in [4.69, 9.17) is 10.7 Å². The molecule has 0 radical (unpaired) electrons. The van der Waals surface area contributed by atoms with Crippen molar-refractivity contribution in [3.8, 4) is 10.6 Å². The van der Waals surface area contributed by atoms with E-state index in [1.807, 2.05) is 24.5 Å². The highest BCUT2D eigenvalue weighted by molar-refractivity contribution is 7.15. The fourth-order valence-corrected chi connectivity index (χ4v) is 3.40. The molecule has 4 nitrogen and oxygen atoms in total. The molecule has 0 saturated carbocycles. The molecule has 0 atom stereocenters. The Kier molecular flexibility index (Phi) is 3.36. The number of nitrogens with two attached hydrogens (primary N) is 1. The lowest BCUT2D eigenvalue weighted by Crippen LogP contribution is -2.33. The summed E-state index contributed by atoms with van der Waals surface area (Å²) >= 11 is 1.80. The summed E-state index contributed by atoms with van der Waals surface area (Å²) in [4.78, 5) is 12.6. The molecule has 0 amide bonds. The van der Waals surface area contributed by atoms with Crippen LogP contribution in [-0.2, 0) is 13.0 Å². The van der Waals surface area contributed by atoms with Crippen LogP contribution in [0.25, 0.3) is 10.6 Å². The molecule has 0 unspecified atom stereocenters.